The number of likely N-dealkylation sites (N-methyl/N-ethyl adjacent to an activating group) is 1. The topological polar surface area (TPSA) is 88.9 Å². The molecule has 1 spiro atoms. The molecule has 1 amide bonds. The van der Waals surface area contributed by atoms with Crippen LogP contribution in [0.15, 0.2) is 72.8 Å². The van der Waals surface area contributed by atoms with E-state index in [4.69, 9.17) is 10.1 Å². The predicted octanol–water partition coefficient (Wildman–Crippen LogP) is 8.19. The van der Waals surface area contributed by atoms with E-state index in [0.717, 1.165) is 47.4 Å². The minimum atomic E-state index is -0.610. The van der Waals surface area contributed by atoms with Crippen LogP contribution in [0.4, 0.5) is 11.4 Å². The molecule has 1 saturated carbocycles. The van der Waals surface area contributed by atoms with Crippen molar-refractivity contribution >= 4 is 28.8 Å². The normalized spacial score (nSPS) is 14.4. The van der Waals surface area contributed by atoms with Gasteiger partial charge in [0.2, 0.25) is 5.91 Å². The smallest absolute Gasteiger partial charge is 0.238 e. The number of rotatable bonds is 8. The second kappa shape index (κ2) is 15.3. The number of para-hydroxylation sites is 1. The number of phenolic OH excluding ortho intramolecular Hbond substituents is 1. The maximum atomic E-state index is 13.8. The van der Waals surface area contributed by atoms with Gasteiger partial charge in [-0.3, -0.25) is 10.2 Å². The van der Waals surface area contributed by atoms with Gasteiger partial charge in [-0.2, -0.15) is 0 Å². The summed E-state index contributed by atoms with van der Waals surface area (Å²) in [6.07, 6.45) is 5.53. The van der Waals surface area contributed by atoms with Crippen molar-refractivity contribution in [3.8, 4) is 11.5 Å². The second-order valence-corrected chi connectivity index (χ2v) is 10.7. The monoisotopic (exact) mass is 584 g/mol. The number of phenols is 1. The molecule has 0 saturated heterocycles. The van der Waals surface area contributed by atoms with Gasteiger partial charge in [-0.15, -0.1) is 0 Å². The lowest BCUT2D eigenvalue weighted by molar-refractivity contribution is -0.126. The minimum Gasteiger partial charge on any atom is -0.506 e. The summed E-state index contributed by atoms with van der Waals surface area (Å²) in [4.78, 5) is 17.4. The maximum Gasteiger partial charge on any atom is 0.238 e. The van der Waals surface area contributed by atoms with E-state index in [1.165, 1.54) is 6.42 Å². The number of benzene rings is 3. The summed E-state index contributed by atoms with van der Waals surface area (Å²) in [6, 6.07) is 21.2. The predicted molar refractivity (Wildman–Crippen MR) is 179 cm³/mol. The van der Waals surface area contributed by atoms with Gasteiger partial charge in [0.05, 0.1) is 24.8 Å². The Morgan fingerprint density at radius 1 is 1.07 bits per heavy atom. The van der Waals surface area contributed by atoms with E-state index in [-0.39, 0.29) is 11.7 Å². The van der Waals surface area contributed by atoms with E-state index >= 15 is 0 Å². The molecule has 0 atom stereocenters. The van der Waals surface area contributed by atoms with Gasteiger partial charge in [0, 0.05) is 36.6 Å². The molecule has 0 unspecified atom stereocenters. The first-order chi connectivity index (χ1) is 20.8. The highest BCUT2D eigenvalue weighted by molar-refractivity contribution is 6.10. The third-order valence-electron chi connectivity index (χ3n) is 7.77. The van der Waals surface area contributed by atoms with Crippen LogP contribution in [0.1, 0.15) is 77.0 Å². The van der Waals surface area contributed by atoms with Gasteiger partial charge in [-0.05, 0) is 67.3 Å². The molecule has 3 aromatic carbocycles. The molecule has 43 heavy (non-hydrogen) atoms. The average molecular weight is 585 g/mol. The molecular formula is C36H48N4O3. The number of hydrogen-bond donors (Lipinski definition) is 3. The van der Waals surface area contributed by atoms with Gasteiger partial charge >= 0.3 is 0 Å². The molecule has 5 rings (SSSR count). The Labute approximate surface area is 257 Å². The van der Waals surface area contributed by atoms with Crippen LogP contribution in [-0.4, -0.2) is 42.5 Å². The van der Waals surface area contributed by atoms with Gasteiger partial charge in [-0.25, -0.2) is 0 Å². The Balaban J connectivity index is 0.000000953. The number of fused-ring (bicyclic) bond motifs is 2. The molecule has 2 aliphatic rings. The lowest BCUT2D eigenvalue weighted by Crippen LogP contribution is -2.44. The third kappa shape index (κ3) is 7.22. The molecule has 1 heterocycles. The Morgan fingerprint density at radius 3 is 2.23 bits per heavy atom. The number of carbonyl (C=O) groups excluding carboxylic acids is 1. The van der Waals surface area contributed by atoms with Crippen LogP contribution in [0.2, 0.25) is 0 Å². The van der Waals surface area contributed by atoms with E-state index in [1.54, 1.807) is 24.2 Å². The van der Waals surface area contributed by atoms with Crippen LogP contribution < -0.4 is 15.0 Å². The molecule has 1 aliphatic carbocycles. The lowest BCUT2D eigenvalue weighted by Gasteiger charge is -2.37. The molecule has 3 aromatic rings. The maximum absolute atomic E-state index is 13.8. The van der Waals surface area contributed by atoms with Crippen LogP contribution in [0, 0.1) is 5.41 Å². The number of aromatic hydroxyl groups is 1. The quantitative estimate of drug-likeness (QED) is 0.183. The molecular weight excluding hydrogens is 536 g/mol. The van der Waals surface area contributed by atoms with Crippen molar-refractivity contribution in [1.82, 2.24) is 4.90 Å². The zero-order valence-corrected chi connectivity index (χ0v) is 26.8. The first-order valence-corrected chi connectivity index (χ1v) is 15.4. The average Bonchev–Trinajstić information content (AvgIpc) is 3.26. The molecule has 1 fully saturated rings. The van der Waals surface area contributed by atoms with Crippen molar-refractivity contribution in [3.63, 3.8) is 0 Å². The fourth-order valence-corrected chi connectivity index (χ4v) is 5.26. The van der Waals surface area contributed by atoms with Crippen molar-refractivity contribution in [2.24, 2.45) is 0 Å². The number of nitrogens with zero attached hydrogens (tertiary/aromatic N) is 2. The number of amidine groups is 1. The van der Waals surface area contributed by atoms with E-state index in [1.807, 2.05) is 93.4 Å². The lowest BCUT2D eigenvalue weighted by atomic mass is 9.65. The molecule has 7 heteroatoms. The van der Waals surface area contributed by atoms with Gasteiger partial charge in [-0.1, -0.05) is 70.9 Å². The number of amides is 1. The van der Waals surface area contributed by atoms with E-state index in [0.29, 0.717) is 30.3 Å². The van der Waals surface area contributed by atoms with Gasteiger partial charge < -0.3 is 25.0 Å². The summed E-state index contributed by atoms with van der Waals surface area (Å²) in [5.74, 6) is 1.22. The molecule has 7 nitrogen and oxygen atoms in total. The summed E-state index contributed by atoms with van der Waals surface area (Å²) in [6.45, 7) is 11.3. The fraction of sp³-hybridized carbons (Fsp3) is 0.389. The van der Waals surface area contributed by atoms with Crippen molar-refractivity contribution in [2.75, 3.05) is 30.9 Å². The van der Waals surface area contributed by atoms with E-state index in [9.17, 15) is 9.90 Å². The highest BCUT2D eigenvalue weighted by Crippen LogP contribution is 2.57. The number of ether oxygens (including phenoxy) is 1. The van der Waals surface area contributed by atoms with Gasteiger partial charge in [0.25, 0.3) is 0 Å². The molecule has 0 aromatic heterocycles. The van der Waals surface area contributed by atoms with Crippen LogP contribution in [0.25, 0.3) is 5.70 Å². The van der Waals surface area contributed by atoms with Crippen LogP contribution in [0.3, 0.4) is 0 Å². The Hall–Kier alpha value is -4.26. The number of anilines is 2. The zero-order valence-electron chi connectivity index (χ0n) is 26.8. The standard InChI is InChI=1S/C31H34N4O3.C3H8.C2H6/c1-4-34(2)28(32)19-26(33-23-9-6-5-7-10-23)22-17-25-29(27(36)18-22)35(30(37)31(25)15-8-16-31)20-21-11-13-24(38-3)14-12-21;1-3-2;1-2/h5-7,9-14,17-19,32-33,36H,4,8,15-16,20H2,1-3H3;3H2,1-2H3;1-2H3/b26-19-,32-28?;;. The Kier molecular flexibility index (Phi) is 11.8. The van der Waals surface area contributed by atoms with Gasteiger partial charge in [0.1, 0.15) is 17.3 Å². The number of nitrogens with one attached hydrogen (secondary N) is 2. The van der Waals surface area contributed by atoms with E-state index in [2.05, 4.69) is 19.2 Å². The second-order valence-electron chi connectivity index (χ2n) is 10.7. The summed E-state index contributed by atoms with van der Waals surface area (Å²) >= 11 is 0. The number of carbonyl (C=O) groups is 1. The van der Waals surface area contributed by atoms with Crippen molar-refractivity contribution in [2.45, 2.75) is 72.3 Å². The summed E-state index contributed by atoms with van der Waals surface area (Å²) in [5, 5.41) is 23.4. The minimum absolute atomic E-state index is 0.0435. The molecule has 0 bridgehead atoms. The Bertz CT molecular complexity index is 1400. The largest absolute Gasteiger partial charge is 0.506 e. The van der Waals surface area contributed by atoms with Crippen molar-refractivity contribution in [3.05, 3.63) is 89.5 Å². The molecule has 1 aliphatic heterocycles. The first-order valence-electron chi connectivity index (χ1n) is 15.4. The summed E-state index contributed by atoms with van der Waals surface area (Å²) in [7, 11) is 3.50. The molecule has 0 radical (unpaired) electrons. The number of hydrogen-bond acceptors (Lipinski definition) is 5. The van der Waals surface area contributed by atoms with Gasteiger partial charge in [0.15, 0.2) is 0 Å². The van der Waals surface area contributed by atoms with E-state index < -0.39 is 5.41 Å². The zero-order chi connectivity index (χ0) is 31.6. The van der Waals surface area contributed by atoms with Crippen LogP contribution in [-0.2, 0) is 16.8 Å². The highest BCUT2D eigenvalue weighted by atomic mass is 16.5. The Morgan fingerprint density at radius 2 is 1.70 bits per heavy atom. The fourth-order valence-electron chi connectivity index (χ4n) is 5.26. The van der Waals surface area contributed by atoms with Crippen LogP contribution in [0.5, 0.6) is 11.5 Å². The summed E-state index contributed by atoms with van der Waals surface area (Å²) in [5.41, 5.74) is 4.12. The third-order valence-corrected chi connectivity index (χ3v) is 7.77. The molecule has 3 N–H and O–H groups in total. The highest BCUT2D eigenvalue weighted by Gasteiger charge is 2.55. The van der Waals surface area contributed by atoms with Crippen LogP contribution >= 0.6 is 0 Å². The summed E-state index contributed by atoms with van der Waals surface area (Å²) < 4.78 is 5.27. The van der Waals surface area contributed by atoms with Crippen molar-refractivity contribution in [1.29, 1.82) is 5.41 Å². The first kappa shape index (κ1) is 33.2. The SMILES string of the molecule is CC.CCC.CCN(C)C(=N)/C=C(\Nc1ccccc1)c1cc(O)c2c(c1)C1(CCC1)C(=O)N2Cc1ccc(OC)cc1. The number of methoxy groups -OCH3 is 1. The molecule has 230 valence electrons. The van der Waals surface area contributed by atoms with Crippen molar-refractivity contribution < 1.29 is 14.6 Å².